The van der Waals surface area contributed by atoms with Gasteiger partial charge in [-0.25, -0.2) is 13.8 Å². The first-order chi connectivity index (χ1) is 13.1. The summed E-state index contributed by atoms with van der Waals surface area (Å²) in [6.07, 6.45) is 2.12. The summed E-state index contributed by atoms with van der Waals surface area (Å²) in [6, 6.07) is 10.00. The highest BCUT2D eigenvalue weighted by atomic mass is 35.5. The third-order valence-corrected chi connectivity index (χ3v) is 5.31. The molecule has 0 saturated carbocycles. The molecule has 0 radical (unpaired) electrons. The molecular weight excluding hydrogens is 431 g/mol. The number of nitro groups is 1. The van der Waals surface area contributed by atoms with Gasteiger partial charge in [-0.15, -0.1) is 0 Å². The van der Waals surface area contributed by atoms with Gasteiger partial charge in [-0.3, -0.25) is 19.2 Å². The number of carbonyl (C=O) groups is 1. The monoisotopic (exact) mass is 444 g/mol. The topological polar surface area (TPSA) is 122 Å². The van der Waals surface area contributed by atoms with Crippen molar-refractivity contribution in [3.8, 4) is 0 Å². The van der Waals surface area contributed by atoms with Crippen LogP contribution in [-0.2, 0) is 14.8 Å². The Kier molecular flexibility index (Phi) is 6.95. The minimum atomic E-state index is -3.84. The van der Waals surface area contributed by atoms with E-state index in [1.807, 2.05) is 0 Å². The van der Waals surface area contributed by atoms with E-state index in [4.69, 9.17) is 23.2 Å². The molecule has 1 amide bonds. The number of halogens is 2. The van der Waals surface area contributed by atoms with Gasteiger partial charge in [-0.2, -0.15) is 5.10 Å². The number of anilines is 1. The van der Waals surface area contributed by atoms with Gasteiger partial charge in [0.1, 0.15) is 6.54 Å². The number of nitrogens with zero attached hydrogens (tertiary/aromatic N) is 3. The van der Waals surface area contributed by atoms with Gasteiger partial charge in [0.2, 0.25) is 10.0 Å². The van der Waals surface area contributed by atoms with E-state index >= 15 is 0 Å². The fourth-order valence-electron chi connectivity index (χ4n) is 2.13. The molecule has 1 N–H and O–H groups in total. The molecule has 0 aliphatic heterocycles. The average molecular weight is 445 g/mol. The van der Waals surface area contributed by atoms with E-state index < -0.39 is 27.4 Å². The van der Waals surface area contributed by atoms with Gasteiger partial charge in [-0.1, -0.05) is 41.4 Å². The van der Waals surface area contributed by atoms with Crippen molar-refractivity contribution in [1.29, 1.82) is 0 Å². The summed E-state index contributed by atoms with van der Waals surface area (Å²) in [7, 11) is -3.84. The first-order valence-electron chi connectivity index (χ1n) is 7.57. The van der Waals surface area contributed by atoms with Crippen LogP contribution < -0.4 is 9.73 Å². The third-order valence-electron chi connectivity index (χ3n) is 3.37. The number of nitro benzene ring substituents is 1. The molecule has 0 atom stereocenters. The Morgan fingerprint density at radius 3 is 2.61 bits per heavy atom. The van der Waals surface area contributed by atoms with E-state index in [0.29, 0.717) is 5.56 Å². The molecule has 2 rings (SSSR count). The first-order valence-corrected chi connectivity index (χ1v) is 10.2. The number of nitrogens with one attached hydrogen (secondary N) is 1. The van der Waals surface area contributed by atoms with E-state index in [2.05, 4.69) is 10.5 Å². The Balaban J connectivity index is 2.14. The quantitative estimate of drug-likeness (QED) is 0.399. The molecule has 28 heavy (non-hydrogen) atoms. The fourth-order valence-corrected chi connectivity index (χ4v) is 3.44. The predicted octanol–water partition coefficient (Wildman–Crippen LogP) is 2.82. The van der Waals surface area contributed by atoms with Crippen LogP contribution in [0.15, 0.2) is 47.6 Å². The Hall–Kier alpha value is -2.69. The smallest absolute Gasteiger partial charge is 0.270 e. The lowest BCUT2D eigenvalue weighted by atomic mass is 10.2. The van der Waals surface area contributed by atoms with Gasteiger partial charge < -0.3 is 0 Å². The molecule has 0 heterocycles. The van der Waals surface area contributed by atoms with Gasteiger partial charge in [0, 0.05) is 17.7 Å². The molecule has 0 bridgehead atoms. The van der Waals surface area contributed by atoms with Crippen LogP contribution in [0.2, 0.25) is 10.0 Å². The molecule has 2 aromatic carbocycles. The Morgan fingerprint density at radius 2 is 1.96 bits per heavy atom. The third kappa shape index (κ3) is 5.65. The van der Waals surface area contributed by atoms with E-state index in [0.717, 1.165) is 10.6 Å². The fraction of sp³-hybridized carbons (Fsp3) is 0.125. The highest BCUT2D eigenvalue weighted by Gasteiger charge is 2.23. The summed E-state index contributed by atoms with van der Waals surface area (Å²) in [5, 5.41) is 14.6. The first kappa shape index (κ1) is 21.6. The highest BCUT2D eigenvalue weighted by Crippen LogP contribution is 2.33. The van der Waals surface area contributed by atoms with Crippen LogP contribution in [0.5, 0.6) is 0 Å². The minimum absolute atomic E-state index is 0.0116. The molecule has 0 aromatic heterocycles. The molecule has 0 fully saturated rings. The second kappa shape index (κ2) is 9.00. The highest BCUT2D eigenvalue weighted by molar-refractivity contribution is 7.92. The van der Waals surface area contributed by atoms with Crippen LogP contribution in [0.3, 0.4) is 0 Å². The Bertz CT molecular complexity index is 1040. The molecule has 9 nitrogen and oxygen atoms in total. The van der Waals surface area contributed by atoms with Crippen molar-refractivity contribution in [3.63, 3.8) is 0 Å². The largest absolute Gasteiger partial charge is 0.271 e. The van der Waals surface area contributed by atoms with Gasteiger partial charge in [-0.05, 0) is 12.1 Å². The minimum Gasteiger partial charge on any atom is -0.271 e. The molecule has 0 aliphatic carbocycles. The number of non-ortho nitro benzene ring substituents is 1. The van der Waals surface area contributed by atoms with Gasteiger partial charge in [0.15, 0.2) is 0 Å². The van der Waals surface area contributed by atoms with Crippen molar-refractivity contribution in [2.45, 2.75) is 0 Å². The molecule has 0 saturated heterocycles. The maximum atomic E-state index is 12.1. The zero-order valence-electron chi connectivity index (χ0n) is 14.4. The standard InChI is InChI=1S/C16H14Cl2N4O5S/c1-28(26,27)21(14-7-3-6-13(17)16(14)18)10-15(23)20-19-9-11-4-2-5-12(8-11)22(24)25/h2-9H,10H2,1H3,(H,20,23)/b19-9-. The van der Waals surface area contributed by atoms with E-state index in [1.165, 1.54) is 42.6 Å². The van der Waals surface area contributed by atoms with Crippen molar-refractivity contribution in [1.82, 2.24) is 5.43 Å². The number of hydrazone groups is 1. The molecule has 0 spiro atoms. The van der Waals surface area contributed by atoms with Crippen molar-refractivity contribution >= 4 is 56.7 Å². The Labute approximate surface area is 170 Å². The zero-order chi connectivity index (χ0) is 20.9. The summed E-state index contributed by atoms with van der Waals surface area (Å²) in [5.41, 5.74) is 2.47. The average Bonchev–Trinajstić information content (AvgIpc) is 2.62. The summed E-state index contributed by atoms with van der Waals surface area (Å²) in [6.45, 7) is -0.592. The lowest BCUT2D eigenvalue weighted by Gasteiger charge is -2.22. The van der Waals surface area contributed by atoms with Crippen molar-refractivity contribution < 1.29 is 18.1 Å². The summed E-state index contributed by atoms with van der Waals surface area (Å²) < 4.78 is 24.9. The molecule has 12 heteroatoms. The molecule has 148 valence electrons. The lowest BCUT2D eigenvalue weighted by molar-refractivity contribution is -0.384. The molecule has 2 aromatic rings. The lowest BCUT2D eigenvalue weighted by Crippen LogP contribution is -2.39. The molecule has 0 aliphatic rings. The van der Waals surface area contributed by atoms with Crippen LogP contribution in [0, 0.1) is 10.1 Å². The predicted molar refractivity (Wildman–Crippen MR) is 107 cm³/mol. The van der Waals surface area contributed by atoms with E-state index in [9.17, 15) is 23.3 Å². The summed E-state index contributed by atoms with van der Waals surface area (Å²) in [4.78, 5) is 22.3. The van der Waals surface area contributed by atoms with Gasteiger partial charge >= 0.3 is 0 Å². The van der Waals surface area contributed by atoms with Gasteiger partial charge in [0.25, 0.3) is 11.6 Å². The molecule has 0 unspecified atom stereocenters. The molecular formula is C16H14Cl2N4O5S. The van der Waals surface area contributed by atoms with E-state index in [1.54, 1.807) is 6.07 Å². The number of sulfonamides is 1. The van der Waals surface area contributed by atoms with E-state index in [-0.39, 0.29) is 21.4 Å². The normalized spacial score (nSPS) is 11.4. The summed E-state index contributed by atoms with van der Waals surface area (Å²) >= 11 is 12.0. The number of benzene rings is 2. The van der Waals surface area contributed by atoms with Crippen LogP contribution in [0.1, 0.15) is 5.56 Å². The number of hydrogen-bond acceptors (Lipinski definition) is 6. The summed E-state index contributed by atoms with van der Waals surface area (Å²) in [5.74, 6) is -0.747. The number of carbonyl (C=O) groups excluding carboxylic acids is 1. The van der Waals surface area contributed by atoms with Gasteiger partial charge in [0.05, 0.1) is 33.1 Å². The maximum Gasteiger partial charge on any atom is 0.270 e. The van der Waals surface area contributed by atoms with Crippen LogP contribution in [-0.4, -0.2) is 38.3 Å². The van der Waals surface area contributed by atoms with Crippen LogP contribution in [0.25, 0.3) is 0 Å². The van der Waals surface area contributed by atoms with Crippen molar-refractivity contribution in [3.05, 3.63) is 68.2 Å². The van der Waals surface area contributed by atoms with Crippen LogP contribution >= 0.6 is 23.2 Å². The number of amides is 1. The second-order valence-corrected chi connectivity index (χ2v) is 8.18. The number of hydrogen-bond donors (Lipinski definition) is 1. The van der Waals surface area contributed by atoms with Crippen molar-refractivity contribution in [2.24, 2.45) is 5.10 Å². The Morgan fingerprint density at radius 1 is 1.29 bits per heavy atom. The SMILES string of the molecule is CS(=O)(=O)N(CC(=O)N/N=C\c1cccc([N+](=O)[O-])c1)c1cccc(Cl)c1Cl. The second-order valence-electron chi connectivity index (χ2n) is 5.49. The van der Waals surface area contributed by atoms with Crippen molar-refractivity contribution in [2.75, 3.05) is 17.1 Å². The number of rotatable bonds is 7. The van der Waals surface area contributed by atoms with Crippen LogP contribution in [0.4, 0.5) is 11.4 Å². The zero-order valence-corrected chi connectivity index (χ0v) is 16.7. The maximum absolute atomic E-state index is 12.1.